The van der Waals surface area contributed by atoms with E-state index in [0.29, 0.717) is 18.6 Å². The van der Waals surface area contributed by atoms with Gasteiger partial charge >= 0.3 is 0 Å². The maximum atomic E-state index is 12.0. The molecular weight excluding hydrogens is 216 g/mol. The van der Waals surface area contributed by atoms with Crippen molar-refractivity contribution in [2.75, 3.05) is 13.7 Å². The summed E-state index contributed by atoms with van der Waals surface area (Å²) in [5.74, 6) is 0.825. The first-order valence-electron chi connectivity index (χ1n) is 6.02. The van der Waals surface area contributed by atoms with E-state index in [4.69, 9.17) is 9.47 Å². The van der Waals surface area contributed by atoms with Crippen molar-refractivity contribution in [1.82, 2.24) is 0 Å². The number of rotatable bonds is 7. The zero-order valence-electron chi connectivity index (χ0n) is 10.7. The van der Waals surface area contributed by atoms with Crippen LogP contribution in [0, 0.1) is 0 Å². The Morgan fingerprint density at radius 3 is 2.35 bits per heavy atom. The van der Waals surface area contributed by atoms with Crippen LogP contribution in [0.25, 0.3) is 0 Å². The average Bonchev–Trinajstić information content (AvgIpc) is 2.38. The minimum Gasteiger partial charge on any atom is -0.494 e. The fourth-order valence-electron chi connectivity index (χ4n) is 1.58. The van der Waals surface area contributed by atoms with E-state index in [0.717, 1.165) is 12.2 Å². The number of hydrogen-bond acceptors (Lipinski definition) is 3. The van der Waals surface area contributed by atoms with E-state index < -0.39 is 0 Å². The number of carbonyl (C=O) groups is 1. The van der Waals surface area contributed by atoms with E-state index in [9.17, 15) is 4.79 Å². The summed E-state index contributed by atoms with van der Waals surface area (Å²) in [6.45, 7) is 4.69. The predicted molar refractivity (Wildman–Crippen MR) is 67.6 cm³/mol. The zero-order chi connectivity index (χ0) is 12.7. The number of benzene rings is 1. The summed E-state index contributed by atoms with van der Waals surface area (Å²) in [6.07, 6.45) is 1.31. The lowest BCUT2D eigenvalue weighted by Crippen LogP contribution is -2.21. The molecule has 94 valence electrons. The van der Waals surface area contributed by atoms with Crippen LogP contribution in [0.3, 0.4) is 0 Å². The third kappa shape index (κ3) is 3.86. The number of ketones is 1. The second kappa shape index (κ2) is 7.07. The molecule has 3 nitrogen and oxygen atoms in total. The number of Topliss-reactive ketones (excluding diaryl/α,β-unsaturated/α-hetero) is 1. The van der Waals surface area contributed by atoms with Gasteiger partial charge in [0.15, 0.2) is 5.78 Å². The Morgan fingerprint density at radius 2 is 1.88 bits per heavy atom. The summed E-state index contributed by atoms with van der Waals surface area (Å²) in [5.41, 5.74) is 0.669. The summed E-state index contributed by atoms with van der Waals surface area (Å²) in [4.78, 5) is 12.0. The molecule has 0 radical (unpaired) electrons. The van der Waals surface area contributed by atoms with Crippen LogP contribution >= 0.6 is 0 Å². The minimum absolute atomic E-state index is 0.0250. The summed E-state index contributed by atoms with van der Waals surface area (Å²) in [7, 11) is 1.56. The lowest BCUT2D eigenvalue weighted by Gasteiger charge is -2.12. The monoisotopic (exact) mass is 236 g/mol. The van der Waals surface area contributed by atoms with Crippen LogP contribution < -0.4 is 4.74 Å². The van der Waals surface area contributed by atoms with Gasteiger partial charge in [-0.15, -0.1) is 0 Å². The van der Waals surface area contributed by atoms with Gasteiger partial charge in [-0.25, -0.2) is 0 Å². The summed E-state index contributed by atoms with van der Waals surface area (Å²) >= 11 is 0. The van der Waals surface area contributed by atoms with Crippen molar-refractivity contribution >= 4 is 5.78 Å². The largest absolute Gasteiger partial charge is 0.494 e. The van der Waals surface area contributed by atoms with Gasteiger partial charge in [-0.05, 0) is 37.1 Å². The number of carbonyl (C=O) groups excluding carboxylic acids is 1. The van der Waals surface area contributed by atoms with Crippen molar-refractivity contribution in [2.24, 2.45) is 0 Å². The van der Waals surface area contributed by atoms with Crippen LogP contribution in [-0.4, -0.2) is 25.6 Å². The molecule has 0 saturated heterocycles. The van der Waals surface area contributed by atoms with E-state index in [1.54, 1.807) is 19.2 Å². The molecule has 0 N–H and O–H groups in total. The molecule has 0 spiro atoms. The molecule has 0 heterocycles. The lowest BCUT2D eigenvalue weighted by atomic mass is 10.0. The second-order valence-electron chi connectivity index (χ2n) is 3.87. The molecule has 0 bridgehead atoms. The molecule has 0 amide bonds. The Labute approximate surface area is 103 Å². The molecule has 1 aromatic rings. The van der Waals surface area contributed by atoms with Gasteiger partial charge in [0.05, 0.1) is 6.61 Å². The normalized spacial score (nSPS) is 12.2. The number of hydrogen-bond donors (Lipinski definition) is 0. The molecule has 0 fully saturated rings. The molecule has 0 aromatic heterocycles. The van der Waals surface area contributed by atoms with E-state index in [-0.39, 0.29) is 11.9 Å². The molecule has 17 heavy (non-hydrogen) atoms. The van der Waals surface area contributed by atoms with E-state index in [2.05, 4.69) is 6.92 Å². The van der Waals surface area contributed by atoms with Gasteiger partial charge in [0.2, 0.25) is 0 Å². The third-order valence-electron chi connectivity index (χ3n) is 2.56. The Hall–Kier alpha value is -1.35. The number of methoxy groups -OCH3 is 1. The highest BCUT2D eigenvalue weighted by Crippen LogP contribution is 2.15. The van der Waals surface area contributed by atoms with Crippen molar-refractivity contribution < 1.29 is 14.3 Å². The van der Waals surface area contributed by atoms with E-state index >= 15 is 0 Å². The van der Waals surface area contributed by atoms with Crippen molar-refractivity contribution in [3.8, 4) is 5.75 Å². The standard InChI is InChI=1S/C14H20O3/c1-4-10-17-12-8-6-11(7-9-12)14(15)13(5-2)16-3/h6-9,13H,4-5,10H2,1-3H3. The Bertz CT molecular complexity index is 339. The molecular formula is C14H20O3. The summed E-state index contributed by atoms with van der Waals surface area (Å²) < 4.78 is 10.6. The van der Waals surface area contributed by atoms with Gasteiger partial charge in [-0.3, -0.25) is 4.79 Å². The SMILES string of the molecule is CCCOc1ccc(C(=O)C(CC)OC)cc1. The smallest absolute Gasteiger partial charge is 0.191 e. The van der Waals surface area contributed by atoms with Crippen LogP contribution in [0.2, 0.25) is 0 Å². The fraction of sp³-hybridized carbons (Fsp3) is 0.500. The van der Waals surface area contributed by atoms with Gasteiger partial charge in [0.25, 0.3) is 0 Å². The highest BCUT2D eigenvalue weighted by atomic mass is 16.5. The molecule has 1 rings (SSSR count). The summed E-state index contributed by atoms with van der Waals surface area (Å²) in [5, 5.41) is 0. The Kier molecular flexibility index (Phi) is 5.70. The quantitative estimate of drug-likeness (QED) is 0.682. The molecule has 1 unspecified atom stereocenters. The maximum absolute atomic E-state index is 12.0. The third-order valence-corrected chi connectivity index (χ3v) is 2.56. The molecule has 3 heteroatoms. The molecule has 0 aliphatic carbocycles. The highest BCUT2D eigenvalue weighted by Gasteiger charge is 2.17. The van der Waals surface area contributed by atoms with Crippen molar-refractivity contribution in [2.45, 2.75) is 32.8 Å². The van der Waals surface area contributed by atoms with Crippen LogP contribution in [-0.2, 0) is 4.74 Å². The molecule has 1 atom stereocenters. The zero-order valence-corrected chi connectivity index (χ0v) is 10.7. The predicted octanol–water partition coefficient (Wildman–Crippen LogP) is 3.08. The maximum Gasteiger partial charge on any atom is 0.191 e. The van der Waals surface area contributed by atoms with E-state index in [1.807, 2.05) is 19.1 Å². The Balaban J connectivity index is 2.69. The van der Waals surface area contributed by atoms with Crippen LogP contribution in [0.15, 0.2) is 24.3 Å². The van der Waals surface area contributed by atoms with Gasteiger partial charge in [-0.2, -0.15) is 0 Å². The summed E-state index contributed by atoms with van der Waals surface area (Å²) in [6, 6.07) is 7.22. The Morgan fingerprint density at radius 1 is 1.24 bits per heavy atom. The highest BCUT2D eigenvalue weighted by molar-refractivity contribution is 5.99. The minimum atomic E-state index is -0.350. The van der Waals surface area contributed by atoms with Gasteiger partial charge in [0, 0.05) is 12.7 Å². The van der Waals surface area contributed by atoms with Gasteiger partial charge < -0.3 is 9.47 Å². The second-order valence-corrected chi connectivity index (χ2v) is 3.87. The first-order valence-corrected chi connectivity index (χ1v) is 6.02. The molecule has 0 aliphatic rings. The lowest BCUT2D eigenvalue weighted by molar-refractivity contribution is 0.0595. The average molecular weight is 236 g/mol. The van der Waals surface area contributed by atoms with Crippen LogP contribution in [0.5, 0.6) is 5.75 Å². The van der Waals surface area contributed by atoms with Crippen molar-refractivity contribution in [3.63, 3.8) is 0 Å². The first kappa shape index (κ1) is 13.7. The molecule has 1 aromatic carbocycles. The van der Waals surface area contributed by atoms with Crippen molar-refractivity contribution in [1.29, 1.82) is 0 Å². The first-order chi connectivity index (χ1) is 8.22. The van der Waals surface area contributed by atoms with Gasteiger partial charge in [-0.1, -0.05) is 13.8 Å². The fourth-order valence-corrected chi connectivity index (χ4v) is 1.58. The topological polar surface area (TPSA) is 35.5 Å². The van der Waals surface area contributed by atoms with Crippen molar-refractivity contribution in [3.05, 3.63) is 29.8 Å². The van der Waals surface area contributed by atoms with E-state index in [1.165, 1.54) is 0 Å². The molecule has 0 aliphatic heterocycles. The van der Waals surface area contributed by atoms with Crippen LogP contribution in [0.4, 0.5) is 0 Å². The number of ether oxygens (including phenoxy) is 2. The van der Waals surface area contributed by atoms with Gasteiger partial charge in [0.1, 0.15) is 11.9 Å². The van der Waals surface area contributed by atoms with Crippen LogP contribution in [0.1, 0.15) is 37.0 Å². The molecule has 0 saturated carbocycles.